The van der Waals surface area contributed by atoms with Crippen molar-refractivity contribution in [3.63, 3.8) is 0 Å². The summed E-state index contributed by atoms with van der Waals surface area (Å²) in [6.07, 6.45) is -3.95. The van der Waals surface area contributed by atoms with Gasteiger partial charge in [-0.05, 0) is 52.9 Å². The Morgan fingerprint density at radius 1 is 1.03 bits per heavy atom. The highest BCUT2D eigenvalue weighted by atomic mass is 35.5. The summed E-state index contributed by atoms with van der Waals surface area (Å²) >= 11 is 8.07. The van der Waals surface area contributed by atoms with Crippen LogP contribution < -0.4 is 15.0 Å². The van der Waals surface area contributed by atoms with Gasteiger partial charge in [0.25, 0.3) is 11.5 Å². The SMILES string of the molecule is C[C@H](Cc1cc(CC(=O)N(CCN2CCC(F)(F)CC2)Cc2ccc(-c3c(-c4ccc(F)cc4)sc4nc[nH]c(=O)c34)c(O)c2Cl)ccc1OCc1ccnc(OCCC(F)(F)F)n1)C(=O)O. The third kappa shape index (κ3) is 12.4. The van der Waals surface area contributed by atoms with Crippen molar-refractivity contribution in [1.29, 1.82) is 0 Å². The lowest BCUT2D eigenvalue weighted by atomic mass is 9.97. The minimum atomic E-state index is -4.43. The number of aromatic hydroxyl groups is 1. The highest BCUT2D eigenvalue weighted by Crippen LogP contribution is 2.48. The molecule has 0 radical (unpaired) electrons. The number of aromatic amines is 1. The quantitative estimate of drug-likeness (QED) is 0.0702. The first-order chi connectivity index (χ1) is 31.8. The van der Waals surface area contributed by atoms with Crippen molar-refractivity contribution in [2.45, 2.75) is 64.3 Å². The van der Waals surface area contributed by atoms with Crippen LogP contribution in [0.15, 0.2) is 78.0 Å². The molecule has 354 valence electrons. The molecule has 1 fully saturated rings. The molecule has 3 N–H and O–H groups in total. The van der Waals surface area contributed by atoms with Gasteiger partial charge in [-0.1, -0.05) is 54.9 Å². The van der Waals surface area contributed by atoms with E-state index >= 15 is 0 Å². The first kappa shape index (κ1) is 48.7. The fourth-order valence-electron chi connectivity index (χ4n) is 7.48. The van der Waals surface area contributed by atoms with E-state index in [2.05, 4.69) is 19.9 Å². The van der Waals surface area contributed by atoms with Gasteiger partial charge in [0, 0.05) is 67.8 Å². The molecular weight excluding hydrogens is 930 g/mol. The number of thiophene rings is 1. The summed E-state index contributed by atoms with van der Waals surface area (Å²) < 4.78 is 90.9. The molecule has 3 aromatic carbocycles. The second-order valence-corrected chi connectivity index (χ2v) is 17.4. The largest absolute Gasteiger partial charge is 0.506 e. The molecule has 7 rings (SSSR count). The maximum atomic E-state index is 14.3. The molecule has 21 heteroatoms. The van der Waals surface area contributed by atoms with Crippen LogP contribution in [0.5, 0.6) is 17.5 Å². The van der Waals surface area contributed by atoms with Crippen LogP contribution in [-0.2, 0) is 35.6 Å². The number of nitrogens with zero attached hydrogens (tertiary/aromatic N) is 5. The molecular formula is C46H43ClF6N6O7S. The number of alkyl halides is 5. The third-order valence-electron chi connectivity index (χ3n) is 11.2. The van der Waals surface area contributed by atoms with E-state index in [4.69, 9.17) is 21.1 Å². The lowest BCUT2D eigenvalue weighted by Gasteiger charge is -2.33. The lowest BCUT2D eigenvalue weighted by molar-refractivity contribution is -0.141. The van der Waals surface area contributed by atoms with E-state index in [0.717, 1.165) is 0 Å². The number of hydrogen-bond acceptors (Lipinski definition) is 11. The van der Waals surface area contributed by atoms with Crippen LogP contribution in [0, 0.1) is 11.7 Å². The summed E-state index contributed by atoms with van der Waals surface area (Å²) in [5.41, 5.74) is 2.10. The summed E-state index contributed by atoms with van der Waals surface area (Å²) in [4.78, 5) is 58.5. The van der Waals surface area contributed by atoms with Crippen LogP contribution in [0.3, 0.4) is 0 Å². The Bertz CT molecular complexity index is 2800. The first-order valence-electron chi connectivity index (χ1n) is 21.0. The molecule has 0 spiro atoms. The molecule has 13 nitrogen and oxygen atoms in total. The van der Waals surface area contributed by atoms with Crippen molar-refractivity contribution < 1.29 is 55.6 Å². The highest BCUT2D eigenvalue weighted by Gasteiger charge is 2.34. The van der Waals surface area contributed by atoms with Gasteiger partial charge in [-0.3, -0.25) is 14.4 Å². The van der Waals surface area contributed by atoms with Gasteiger partial charge in [-0.15, -0.1) is 11.3 Å². The van der Waals surface area contributed by atoms with Crippen molar-refractivity contribution in [1.82, 2.24) is 29.7 Å². The average molecular weight is 973 g/mol. The molecule has 0 aliphatic carbocycles. The molecule has 0 bridgehead atoms. The number of rotatable bonds is 18. The normalized spacial score (nSPS) is 14.5. The smallest absolute Gasteiger partial charge is 0.392 e. The summed E-state index contributed by atoms with van der Waals surface area (Å²) in [7, 11) is 0. The van der Waals surface area contributed by atoms with E-state index in [1.54, 1.807) is 30.3 Å². The maximum absolute atomic E-state index is 14.3. The monoisotopic (exact) mass is 972 g/mol. The van der Waals surface area contributed by atoms with Crippen LogP contribution in [-0.4, -0.2) is 96.7 Å². The number of H-pyrrole nitrogens is 1. The number of carboxylic acids is 1. The van der Waals surface area contributed by atoms with Crippen LogP contribution >= 0.6 is 22.9 Å². The van der Waals surface area contributed by atoms with E-state index in [0.29, 0.717) is 37.5 Å². The number of fused-ring (bicyclic) bond motifs is 1. The molecule has 3 aromatic heterocycles. The fourth-order valence-corrected chi connectivity index (χ4v) is 8.87. The van der Waals surface area contributed by atoms with Crippen LogP contribution in [0.1, 0.15) is 48.6 Å². The Morgan fingerprint density at radius 3 is 2.49 bits per heavy atom. The Kier molecular flexibility index (Phi) is 15.1. The van der Waals surface area contributed by atoms with Gasteiger partial charge in [0.1, 0.15) is 35.4 Å². The maximum Gasteiger partial charge on any atom is 0.392 e. The molecule has 1 amide bonds. The highest BCUT2D eigenvalue weighted by molar-refractivity contribution is 7.22. The van der Waals surface area contributed by atoms with E-state index < -0.39 is 60.0 Å². The van der Waals surface area contributed by atoms with E-state index in [9.17, 15) is 50.9 Å². The number of phenols is 1. The fraction of sp³-hybridized carbons (Fsp3) is 0.348. The average Bonchev–Trinajstić information content (AvgIpc) is 3.67. The summed E-state index contributed by atoms with van der Waals surface area (Å²) in [6, 6.07) is 14.8. The number of hydrogen-bond donors (Lipinski definition) is 3. The number of amides is 1. The third-order valence-corrected chi connectivity index (χ3v) is 12.7. The van der Waals surface area contributed by atoms with E-state index in [1.807, 2.05) is 4.90 Å². The number of carbonyl (C=O) groups is 2. The Hall–Kier alpha value is -6.25. The minimum absolute atomic E-state index is 0.00294. The number of phenolic OH excluding ortho intramolecular Hbond substituents is 1. The molecule has 1 atom stereocenters. The topological polar surface area (TPSA) is 171 Å². The number of piperidine rings is 1. The number of nitrogens with one attached hydrogen (secondary N) is 1. The second-order valence-electron chi connectivity index (χ2n) is 16.1. The van der Waals surface area contributed by atoms with Gasteiger partial charge in [0.2, 0.25) is 5.91 Å². The molecule has 0 unspecified atom stereocenters. The summed E-state index contributed by atoms with van der Waals surface area (Å²) in [5.74, 6) is -5.76. The second kappa shape index (κ2) is 20.7. The number of benzene rings is 3. The molecule has 1 saturated heterocycles. The number of likely N-dealkylation sites (tertiary alicyclic amines) is 1. The molecule has 1 aliphatic heterocycles. The number of aliphatic carboxylic acids is 1. The van der Waals surface area contributed by atoms with Crippen LogP contribution in [0.25, 0.3) is 31.8 Å². The zero-order valence-corrected chi connectivity index (χ0v) is 37.3. The molecule has 1 aliphatic rings. The summed E-state index contributed by atoms with van der Waals surface area (Å²) in [5, 5.41) is 21.6. The number of carboxylic acid groups (broad SMARTS) is 1. The van der Waals surface area contributed by atoms with Crippen molar-refractivity contribution in [2.24, 2.45) is 5.92 Å². The van der Waals surface area contributed by atoms with Gasteiger partial charge in [0.05, 0.1) is 41.2 Å². The number of halogens is 7. The van der Waals surface area contributed by atoms with E-state index in [-0.39, 0.29) is 98.4 Å². The van der Waals surface area contributed by atoms with Gasteiger partial charge in [-0.25, -0.2) is 23.1 Å². The predicted molar refractivity (Wildman–Crippen MR) is 237 cm³/mol. The number of carbonyl (C=O) groups excluding carboxylic acids is 1. The van der Waals surface area contributed by atoms with Crippen molar-refractivity contribution in [2.75, 3.05) is 32.8 Å². The molecule has 67 heavy (non-hydrogen) atoms. The lowest BCUT2D eigenvalue weighted by Crippen LogP contribution is -2.44. The first-order valence-corrected chi connectivity index (χ1v) is 22.2. The number of aromatic nitrogens is 4. The van der Waals surface area contributed by atoms with Crippen molar-refractivity contribution >= 4 is 45.0 Å². The van der Waals surface area contributed by atoms with Gasteiger partial charge in [-0.2, -0.15) is 18.2 Å². The van der Waals surface area contributed by atoms with E-state index in [1.165, 1.54) is 66.0 Å². The minimum Gasteiger partial charge on any atom is -0.506 e. The standard InChI is InChI=1S/C46H43ClF6N6O7S/c1-26(43(63)64)20-30-21-27(2-9-34(30)66-24-32-10-14-54-44(57-32)65-19-13-46(51,52)53)22-35(60)59(18-17-58-15-11-45(49,50)12-16-58)23-29-5-8-33(39(61)38(29)47)36-37-41(62)55-25-56-42(37)67-40(36)28-3-6-31(48)7-4-28/h2-10,14,21,25-26,61H,11-13,15-20,22-24H2,1H3,(H,63,64)(H,55,56,62)/t26-/m1/s1. The Morgan fingerprint density at radius 2 is 1.78 bits per heavy atom. The molecule has 0 saturated carbocycles. The zero-order chi connectivity index (χ0) is 48.0. The summed E-state index contributed by atoms with van der Waals surface area (Å²) in [6.45, 7) is 1.05. The predicted octanol–water partition coefficient (Wildman–Crippen LogP) is 9.08. The van der Waals surface area contributed by atoms with Crippen LogP contribution in [0.2, 0.25) is 5.02 Å². The van der Waals surface area contributed by atoms with Gasteiger partial charge >= 0.3 is 18.2 Å². The number of ether oxygens (including phenoxy) is 2. The van der Waals surface area contributed by atoms with Crippen molar-refractivity contribution in [3.8, 4) is 39.1 Å². The Labute approximate surface area is 388 Å². The molecule has 6 aromatic rings. The Balaban J connectivity index is 1.15. The zero-order valence-electron chi connectivity index (χ0n) is 35.7. The van der Waals surface area contributed by atoms with Crippen LogP contribution in [0.4, 0.5) is 26.3 Å². The van der Waals surface area contributed by atoms with Gasteiger partial charge < -0.3 is 34.5 Å². The van der Waals surface area contributed by atoms with Crippen molar-refractivity contribution in [3.05, 3.63) is 117 Å². The molecule has 4 heterocycles. The van der Waals surface area contributed by atoms with Gasteiger partial charge in [0.15, 0.2) is 0 Å².